The fraction of sp³-hybridized carbons (Fsp3) is 0.529. The molecule has 0 unspecified atom stereocenters. The first-order valence-electron chi connectivity index (χ1n) is 8.59. The van der Waals surface area contributed by atoms with Crippen molar-refractivity contribution >= 4 is 17.7 Å². The van der Waals surface area contributed by atoms with Crippen molar-refractivity contribution in [3.8, 4) is 11.4 Å². The molecule has 1 fully saturated rings. The number of nitrogens with one attached hydrogen (secondary N) is 1. The van der Waals surface area contributed by atoms with E-state index in [0.29, 0.717) is 22.8 Å². The van der Waals surface area contributed by atoms with Crippen LogP contribution in [-0.4, -0.2) is 37.6 Å². The zero-order valence-electron chi connectivity index (χ0n) is 14.6. The molecule has 2 aromatic rings. The Morgan fingerprint density at radius 2 is 2.24 bits per heavy atom. The molecule has 1 aliphatic rings. The van der Waals surface area contributed by atoms with Crippen LogP contribution in [0.1, 0.15) is 33.1 Å². The van der Waals surface area contributed by atoms with Crippen LogP contribution in [0, 0.1) is 11.8 Å². The van der Waals surface area contributed by atoms with E-state index in [-0.39, 0.29) is 17.7 Å². The van der Waals surface area contributed by atoms with Gasteiger partial charge in [-0.3, -0.25) is 9.78 Å². The molecule has 1 aliphatic carbocycles. The van der Waals surface area contributed by atoms with E-state index in [1.807, 2.05) is 12.1 Å². The lowest BCUT2D eigenvalue weighted by Crippen LogP contribution is -2.44. The smallest absolute Gasteiger partial charge is 0.230 e. The Kier molecular flexibility index (Phi) is 5.57. The summed E-state index contributed by atoms with van der Waals surface area (Å²) >= 11 is 1.29. The number of hydrogen-bond acceptors (Lipinski definition) is 6. The van der Waals surface area contributed by atoms with E-state index in [9.17, 15) is 4.79 Å². The second-order valence-corrected chi connectivity index (χ2v) is 7.59. The van der Waals surface area contributed by atoms with Gasteiger partial charge in [0, 0.05) is 24.0 Å². The van der Waals surface area contributed by atoms with E-state index in [4.69, 9.17) is 5.84 Å². The summed E-state index contributed by atoms with van der Waals surface area (Å²) in [4.78, 5) is 16.3. The van der Waals surface area contributed by atoms with Crippen molar-refractivity contribution in [3.05, 3.63) is 24.5 Å². The van der Waals surface area contributed by atoms with Gasteiger partial charge in [0.1, 0.15) is 0 Å². The predicted octanol–water partition coefficient (Wildman–Crippen LogP) is 2.09. The van der Waals surface area contributed by atoms with Crippen LogP contribution in [0.15, 0.2) is 29.7 Å². The van der Waals surface area contributed by atoms with Gasteiger partial charge in [-0.25, -0.2) is 4.68 Å². The number of carbonyl (C=O) groups is 1. The van der Waals surface area contributed by atoms with Crippen molar-refractivity contribution in [2.24, 2.45) is 11.8 Å². The number of aromatic nitrogens is 4. The van der Waals surface area contributed by atoms with Crippen molar-refractivity contribution in [2.75, 3.05) is 11.6 Å². The molecule has 0 aromatic carbocycles. The number of pyridine rings is 1. The van der Waals surface area contributed by atoms with Gasteiger partial charge >= 0.3 is 0 Å². The number of carbonyl (C=O) groups excluding carboxylic acids is 1. The molecule has 2 heterocycles. The zero-order chi connectivity index (χ0) is 17.8. The minimum Gasteiger partial charge on any atom is -0.352 e. The van der Waals surface area contributed by atoms with Gasteiger partial charge < -0.3 is 11.2 Å². The summed E-state index contributed by atoms with van der Waals surface area (Å²) in [5, 5.41) is 11.9. The summed E-state index contributed by atoms with van der Waals surface area (Å²) in [7, 11) is 0. The number of nitrogens with two attached hydrogens (primary N) is 1. The average Bonchev–Trinajstić information content (AvgIpc) is 2.99. The van der Waals surface area contributed by atoms with Crippen LogP contribution in [0.25, 0.3) is 11.4 Å². The second-order valence-electron chi connectivity index (χ2n) is 6.65. The molecule has 2 aromatic heterocycles. The molecule has 1 saturated carbocycles. The maximum absolute atomic E-state index is 12.3. The number of nitrogen functional groups attached to an aromatic ring is 1. The largest absolute Gasteiger partial charge is 0.352 e. The van der Waals surface area contributed by atoms with Crippen LogP contribution < -0.4 is 11.2 Å². The lowest BCUT2D eigenvalue weighted by atomic mass is 9.78. The van der Waals surface area contributed by atoms with Crippen LogP contribution in [-0.2, 0) is 4.79 Å². The van der Waals surface area contributed by atoms with Crippen LogP contribution in [0.5, 0.6) is 0 Å². The first-order valence-corrected chi connectivity index (χ1v) is 9.58. The molecule has 0 radical (unpaired) electrons. The summed E-state index contributed by atoms with van der Waals surface area (Å²) in [5.41, 5.74) is 0.791. The quantitative estimate of drug-likeness (QED) is 0.626. The van der Waals surface area contributed by atoms with Gasteiger partial charge in [-0.1, -0.05) is 38.5 Å². The summed E-state index contributed by atoms with van der Waals surface area (Å²) in [5.74, 6) is 8.05. The fourth-order valence-electron chi connectivity index (χ4n) is 3.23. The fourth-order valence-corrected chi connectivity index (χ4v) is 3.90. The van der Waals surface area contributed by atoms with Crippen LogP contribution in [0.2, 0.25) is 0 Å². The van der Waals surface area contributed by atoms with Crippen LogP contribution >= 0.6 is 11.8 Å². The summed E-state index contributed by atoms with van der Waals surface area (Å²) in [6, 6.07) is 3.95. The average molecular weight is 360 g/mol. The minimum absolute atomic E-state index is 0.0156. The molecule has 3 atom stereocenters. The molecule has 0 saturated heterocycles. The normalized spacial score (nSPS) is 23.4. The van der Waals surface area contributed by atoms with Crippen molar-refractivity contribution in [1.82, 2.24) is 25.2 Å². The maximum atomic E-state index is 12.3. The third-order valence-electron chi connectivity index (χ3n) is 4.97. The summed E-state index contributed by atoms with van der Waals surface area (Å²) in [6.45, 7) is 4.48. The van der Waals surface area contributed by atoms with E-state index in [2.05, 4.69) is 34.3 Å². The van der Waals surface area contributed by atoms with Crippen molar-refractivity contribution in [1.29, 1.82) is 0 Å². The molecule has 1 amide bonds. The van der Waals surface area contributed by atoms with Gasteiger partial charge in [0.25, 0.3) is 0 Å². The molecular formula is C17H24N6OS. The predicted molar refractivity (Wildman–Crippen MR) is 98.2 cm³/mol. The minimum atomic E-state index is 0.0156. The van der Waals surface area contributed by atoms with Gasteiger partial charge in [0.05, 0.1) is 5.75 Å². The van der Waals surface area contributed by atoms with E-state index in [1.54, 1.807) is 12.4 Å². The number of amides is 1. The molecular weight excluding hydrogens is 336 g/mol. The third kappa shape index (κ3) is 4.12. The first-order chi connectivity index (χ1) is 12.1. The highest BCUT2D eigenvalue weighted by atomic mass is 32.2. The Morgan fingerprint density at radius 3 is 3.00 bits per heavy atom. The molecule has 3 N–H and O–H groups in total. The Morgan fingerprint density at radius 1 is 1.40 bits per heavy atom. The highest BCUT2D eigenvalue weighted by Gasteiger charge is 2.28. The van der Waals surface area contributed by atoms with Crippen molar-refractivity contribution in [2.45, 2.75) is 44.3 Å². The number of thioether (sulfide) groups is 1. The van der Waals surface area contributed by atoms with E-state index < -0.39 is 0 Å². The number of hydrogen-bond donors (Lipinski definition) is 2. The molecule has 3 rings (SSSR count). The van der Waals surface area contributed by atoms with Crippen LogP contribution in [0.3, 0.4) is 0 Å². The van der Waals surface area contributed by atoms with Gasteiger partial charge in [-0.05, 0) is 30.4 Å². The highest BCUT2D eigenvalue weighted by molar-refractivity contribution is 7.99. The molecule has 8 heteroatoms. The van der Waals surface area contributed by atoms with Crippen molar-refractivity contribution in [3.63, 3.8) is 0 Å². The Balaban J connectivity index is 1.57. The molecule has 7 nitrogen and oxygen atoms in total. The van der Waals surface area contributed by atoms with Gasteiger partial charge in [-0.15, -0.1) is 10.2 Å². The standard InChI is InChI=1S/C17H24N6OS/c1-11-5-3-7-14(12(11)2)20-15(24)10-25-17-22-21-16(23(17)18)13-6-4-8-19-9-13/h4,6,8-9,11-12,14H,3,5,7,10,18H2,1-2H3,(H,20,24)/t11-,12-,14+/m1/s1. The molecule has 25 heavy (non-hydrogen) atoms. The summed E-state index contributed by atoms with van der Waals surface area (Å²) < 4.78 is 1.40. The van der Waals surface area contributed by atoms with E-state index in [0.717, 1.165) is 12.0 Å². The zero-order valence-corrected chi connectivity index (χ0v) is 15.4. The topological polar surface area (TPSA) is 98.7 Å². The molecule has 134 valence electrons. The number of rotatable bonds is 5. The number of nitrogens with zero attached hydrogens (tertiary/aromatic N) is 4. The van der Waals surface area contributed by atoms with Gasteiger partial charge in [-0.2, -0.15) is 0 Å². The van der Waals surface area contributed by atoms with Crippen LogP contribution in [0.4, 0.5) is 0 Å². The van der Waals surface area contributed by atoms with E-state index >= 15 is 0 Å². The van der Waals surface area contributed by atoms with E-state index in [1.165, 1.54) is 29.3 Å². The highest BCUT2D eigenvalue weighted by Crippen LogP contribution is 2.29. The molecule has 0 bridgehead atoms. The SMILES string of the molecule is C[C@@H]1[C@H](C)CCC[C@@H]1NC(=O)CSc1nnc(-c2cccnc2)n1N. The Bertz CT molecular complexity index is 719. The monoisotopic (exact) mass is 360 g/mol. The summed E-state index contributed by atoms with van der Waals surface area (Å²) in [6.07, 6.45) is 6.85. The van der Waals surface area contributed by atoms with Gasteiger partial charge in [0.2, 0.25) is 11.1 Å². The first kappa shape index (κ1) is 17.7. The lowest BCUT2D eigenvalue weighted by Gasteiger charge is -2.34. The van der Waals surface area contributed by atoms with Crippen molar-refractivity contribution < 1.29 is 4.79 Å². The van der Waals surface area contributed by atoms with Gasteiger partial charge in [0.15, 0.2) is 5.82 Å². The maximum Gasteiger partial charge on any atom is 0.230 e. The molecule has 0 aliphatic heterocycles. The molecule has 0 spiro atoms. The second kappa shape index (κ2) is 7.86. The third-order valence-corrected chi connectivity index (χ3v) is 5.91. The lowest BCUT2D eigenvalue weighted by molar-refractivity contribution is -0.120. The Hall–Kier alpha value is -2.09. The Labute approximate surface area is 151 Å².